The Morgan fingerprint density at radius 2 is 1.67 bits per heavy atom. The van der Waals surface area contributed by atoms with Crippen molar-refractivity contribution in [3.8, 4) is 11.5 Å². The lowest BCUT2D eigenvalue weighted by Crippen LogP contribution is -2.47. The van der Waals surface area contributed by atoms with Crippen LogP contribution in [0.25, 0.3) is 0 Å². The van der Waals surface area contributed by atoms with E-state index in [1.165, 1.54) is 0 Å². The van der Waals surface area contributed by atoms with Crippen LogP contribution in [0.1, 0.15) is 44.0 Å². The third kappa shape index (κ3) is 5.88. The maximum atomic E-state index is 12.9. The molecule has 1 N–H and O–H groups in total. The van der Waals surface area contributed by atoms with E-state index in [0.717, 1.165) is 3.57 Å². The smallest absolute Gasteiger partial charge is 0.407 e. The maximum absolute atomic E-state index is 12.9. The highest BCUT2D eigenvalue weighted by molar-refractivity contribution is 14.1. The van der Waals surface area contributed by atoms with Gasteiger partial charge in [-0.15, -0.1) is 0 Å². The number of rotatable bonds is 4. The van der Waals surface area contributed by atoms with Gasteiger partial charge in [-0.3, -0.25) is 4.79 Å². The van der Waals surface area contributed by atoms with Crippen molar-refractivity contribution in [3.05, 3.63) is 21.3 Å². The van der Waals surface area contributed by atoms with E-state index in [1.807, 2.05) is 20.8 Å². The molecule has 2 amide bonds. The number of ether oxygens (including phenoxy) is 3. The second-order valence-electron chi connectivity index (χ2n) is 7.40. The average Bonchev–Trinajstić information content (AvgIpc) is 2.59. The largest absolute Gasteiger partial charge is 0.493 e. The van der Waals surface area contributed by atoms with Crippen LogP contribution in [-0.4, -0.2) is 55.9 Å². The molecule has 0 bridgehead atoms. The van der Waals surface area contributed by atoms with Gasteiger partial charge in [0.2, 0.25) is 0 Å². The zero-order valence-corrected chi connectivity index (χ0v) is 18.6. The van der Waals surface area contributed by atoms with Crippen molar-refractivity contribution in [1.82, 2.24) is 10.2 Å². The SMILES string of the molecule is COc1cc(I)c(C(=O)N2CCC(NC(=O)OC(C)(C)C)CC2)cc1OC. The normalized spacial score (nSPS) is 15.3. The molecular formula is C19H27IN2O5. The van der Waals surface area contributed by atoms with Crippen LogP contribution in [0.5, 0.6) is 11.5 Å². The summed E-state index contributed by atoms with van der Waals surface area (Å²) in [4.78, 5) is 26.6. The van der Waals surface area contributed by atoms with Crippen LogP contribution in [0.2, 0.25) is 0 Å². The highest BCUT2D eigenvalue weighted by Gasteiger charge is 2.27. The Labute approximate surface area is 173 Å². The monoisotopic (exact) mass is 490 g/mol. The maximum Gasteiger partial charge on any atom is 0.407 e. The molecule has 8 heteroatoms. The topological polar surface area (TPSA) is 77.1 Å². The second-order valence-corrected chi connectivity index (χ2v) is 8.56. The van der Waals surface area contributed by atoms with Crippen molar-refractivity contribution in [2.45, 2.75) is 45.3 Å². The van der Waals surface area contributed by atoms with Crippen LogP contribution < -0.4 is 14.8 Å². The van der Waals surface area contributed by atoms with Crippen LogP contribution in [0.3, 0.4) is 0 Å². The molecule has 0 radical (unpaired) electrons. The van der Waals surface area contributed by atoms with E-state index in [0.29, 0.717) is 43.0 Å². The van der Waals surface area contributed by atoms with E-state index < -0.39 is 11.7 Å². The fraction of sp³-hybridized carbons (Fsp3) is 0.579. The van der Waals surface area contributed by atoms with Crippen molar-refractivity contribution < 1.29 is 23.8 Å². The lowest BCUT2D eigenvalue weighted by atomic mass is 10.0. The number of hydrogen-bond donors (Lipinski definition) is 1. The molecule has 0 spiro atoms. The predicted octanol–water partition coefficient (Wildman–Crippen LogP) is 3.44. The van der Waals surface area contributed by atoms with Gasteiger partial charge in [0.25, 0.3) is 5.91 Å². The number of carbonyl (C=O) groups excluding carboxylic acids is 2. The summed E-state index contributed by atoms with van der Waals surface area (Å²) >= 11 is 2.13. The summed E-state index contributed by atoms with van der Waals surface area (Å²) < 4.78 is 16.7. The summed E-state index contributed by atoms with van der Waals surface area (Å²) in [6, 6.07) is 3.52. The van der Waals surface area contributed by atoms with E-state index in [9.17, 15) is 9.59 Å². The molecule has 1 aromatic rings. The highest BCUT2D eigenvalue weighted by Crippen LogP contribution is 2.32. The van der Waals surface area contributed by atoms with Gasteiger partial charge in [0, 0.05) is 22.7 Å². The van der Waals surface area contributed by atoms with Crippen molar-refractivity contribution in [2.75, 3.05) is 27.3 Å². The van der Waals surface area contributed by atoms with Crippen molar-refractivity contribution in [3.63, 3.8) is 0 Å². The summed E-state index contributed by atoms with van der Waals surface area (Å²) in [6.07, 6.45) is 0.964. The Morgan fingerprint density at radius 1 is 1.11 bits per heavy atom. The second kappa shape index (κ2) is 8.99. The number of nitrogens with one attached hydrogen (secondary N) is 1. The first-order chi connectivity index (χ1) is 12.6. The number of hydrogen-bond acceptors (Lipinski definition) is 5. The van der Waals surface area contributed by atoms with Crippen molar-refractivity contribution >= 4 is 34.6 Å². The summed E-state index contributed by atoms with van der Waals surface area (Å²) in [5, 5.41) is 2.88. The van der Waals surface area contributed by atoms with Gasteiger partial charge >= 0.3 is 6.09 Å². The third-order valence-electron chi connectivity index (χ3n) is 4.21. The molecule has 0 atom stereocenters. The van der Waals surface area contributed by atoms with E-state index in [2.05, 4.69) is 27.9 Å². The molecule has 0 aliphatic carbocycles. The summed E-state index contributed by atoms with van der Waals surface area (Å²) in [7, 11) is 3.12. The summed E-state index contributed by atoms with van der Waals surface area (Å²) in [6.45, 7) is 6.64. The molecular weight excluding hydrogens is 463 g/mol. The lowest BCUT2D eigenvalue weighted by molar-refractivity contribution is 0.0473. The average molecular weight is 490 g/mol. The van der Waals surface area contributed by atoms with Crippen LogP contribution in [0, 0.1) is 3.57 Å². The van der Waals surface area contributed by atoms with Gasteiger partial charge in [-0.2, -0.15) is 0 Å². The molecule has 1 aromatic carbocycles. The quantitative estimate of drug-likeness (QED) is 0.655. The molecule has 150 valence electrons. The first-order valence-electron chi connectivity index (χ1n) is 8.85. The number of nitrogens with zero attached hydrogens (tertiary/aromatic N) is 1. The lowest BCUT2D eigenvalue weighted by Gasteiger charge is -2.33. The van der Waals surface area contributed by atoms with Gasteiger partial charge < -0.3 is 24.4 Å². The molecule has 7 nitrogen and oxygen atoms in total. The van der Waals surface area contributed by atoms with Crippen molar-refractivity contribution in [2.24, 2.45) is 0 Å². The number of alkyl carbamates (subject to hydrolysis) is 1. The molecule has 0 saturated carbocycles. The highest BCUT2D eigenvalue weighted by atomic mass is 127. The van der Waals surface area contributed by atoms with E-state index in [1.54, 1.807) is 31.3 Å². The number of piperidine rings is 1. The Bertz CT molecular complexity index is 694. The molecule has 1 fully saturated rings. The zero-order chi connectivity index (χ0) is 20.2. The van der Waals surface area contributed by atoms with Gasteiger partial charge in [-0.25, -0.2) is 4.79 Å². The number of methoxy groups -OCH3 is 2. The fourth-order valence-corrected chi connectivity index (χ4v) is 3.56. The minimum absolute atomic E-state index is 0.00776. The van der Waals surface area contributed by atoms with Gasteiger partial charge in [0.05, 0.1) is 19.8 Å². The molecule has 2 rings (SSSR count). The number of amides is 2. The van der Waals surface area contributed by atoms with E-state index >= 15 is 0 Å². The predicted molar refractivity (Wildman–Crippen MR) is 111 cm³/mol. The Hall–Kier alpha value is -1.71. The first kappa shape index (κ1) is 21.6. The molecule has 1 aliphatic rings. The van der Waals surface area contributed by atoms with E-state index in [-0.39, 0.29) is 11.9 Å². The molecule has 0 unspecified atom stereocenters. The van der Waals surface area contributed by atoms with Crippen LogP contribution in [-0.2, 0) is 4.74 Å². The number of likely N-dealkylation sites (tertiary alicyclic amines) is 1. The number of carbonyl (C=O) groups is 2. The molecule has 1 aliphatic heterocycles. The van der Waals surface area contributed by atoms with Gasteiger partial charge in [-0.1, -0.05) is 0 Å². The van der Waals surface area contributed by atoms with Crippen LogP contribution >= 0.6 is 22.6 Å². The first-order valence-corrected chi connectivity index (χ1v) is 9.92. The van der Waals surface area contributed by atoms with Gasteiger partial charge in [0.1, 0.15) is 5.60 Å². The Kier molecular flexibility index (Phi) is 7.19. The molecule has 27 heavy (non-hydrogen) atoms. The zero-order valence-electron chi connectivity index (χ0n) is 16.4. The van der Waals surface area contributed by atoms with Gasteiger partial charge in [0.15, 0.2) is 11.5 Å². The third-order valence-corrected chi connectivity index (χ3v) is 5.10. The number of halogens is 1. The molecule has 1 heterocycles. The van der Waals surface area contributed by atoms with E-state index in [4.69, 9.17) is 14.2 Å². The molecule has 1 saturated heterocycles. The summed E-state index contributed by atoms with van der Waals surface area (Å²) in [5.41, 5.74) is 0.0667. The summed E-state index contributed by atoms with van der Waals surface area (Å²) in [5.74, 6) is 1.08. The standard InChI is InChI=1S/C19H27IN2O5/c1-19(2,3)27-18(24)21-12-6-8-22(9-7-12)17(23)13-10-15(25-4)16(26-5)11-14(13)20/h10-12H,6-9H2,1-5H3,(H,21,24). The van der Waals surface area contributed by atoms with Crippen LogP contribution in [0.4, 0.5) is 4.79 Å². The fourth-order valence-electron chi connectivity index (χ4n) is 2.89. The number of benzene rings is 1. The Morgan fingerprint density at radius 3 is 2.19 bits per heavy atom. The van der Waals surface area contributed by atoms with Gasteiger partial charge in [-0.05, 0) is 68.3 Å². The molecule has 0 aromatic heterocycles. The minimum Gasteiger partial charge on any atom is -0.493 e. The Balaban J connectivity index is 1.98. The van der Waals surface area contributed by atoms with Crippen LogP contribution in [0.15, 0.2) is 12.1 Å². The minimum atomic E-state index is -0.523. The van der Waals surface area contributed by atoms with Crippen molar-refractivity contribution in [1.29, 1.82) is 0 Å².